The smallest absolute Gasteiger partial charge is 0.324 e. The second-order valence-electron chi connectivity index (χ2n) is 5.76. The van der Waals surface area contributed by atoms with Gasteiger partial charge in [-0.15, -0.1) is 0 Å². The predicted octanol–water partition coefficient (Wildman–Crippen LogP) is 3.15. The zero-order valence-corrected chi connectivity index (χ0v) is 13.1. The molecule has 1 heterocycles. The number of anilines is 1. The number of rotatable bonds is 4. The molecule has 4 heteroatoms. The number of nitrogens with zero attached hydrogens (tertiary/aromatic N) is 2. The maximum absolute atomic E-state index is 12.9. The van der Waals surface area contributed by atoms with Gasteiger partial charge in [0.1, 0.15) is 0 Å². The van der Waals surface area contributed by atoms with E-state index >= 15 is 0 Å². The Kier molecular flexibility index (Phi) is 6.05. The molecule has 116 valence electrons. The minimum Gasteiger partial charge on any atom is -0.330 e. The van der Waals surface area contributed by atoms with Gasteiger partial charge >= 0.3 is 6.03 Å². The van der Waals surface area contributed by atoms with Crippen LogP contribution in [0, 0.1) is 6.92 Å². The lowest BCUT2D eigenvalue weighted by Crippen LogP contribution is -2.45. The summed E-state index contributed by atoms with van der Waals surface area (Å²) in [5.74, 6) is 0. The van der Waals surface area contributed by atoms with E-state index in [1.807, 2.05) is 28.0 Å². The SMILES string of the molecule is Cc1ccccc1N(CCCN)C(=O)N1CCCCCC1. The number of carbonyl (C=O) groups excluding carboxylic acids is 1. The third-order valence-corrected chi connectivity index (χ3v) is 4.10. The molecule has 1 aromatic rings. The number of urea groups is 1. The molecule has 0 unspecified atom stereocenters. The Morgan fingerprint density at radius 1 is 1.19 bits per heavy atom. The van der Waals surface area contributed by atoms with Gasteiger partial charge in [0.2, 0.25) is 0 Å². The summed E-state index contributed by atoms with van der Waals surface area (Å²) in [7, 11) is 0. The van der Waals surface area contributed by atoms with Crippen molar-refractivity contribution in [3.63, 3.8) is 0 Å². The summed E-state index contributed by atoms with van der Waals surface area (Å²) in [6, 6.07) is 8.23. The van der Waals surface area contributed by atoms with Gasteiger partial charge in [0.25, 0.3) is 0 Å². The second kappa shape index (κ2) is 8.03. The third-order valence-electron chi connectivity index (χ3n) is 4.10. The molecule has 1 aromatic carbocycles. The van der Waals surface area contributed by atoms with Gasteiger partial charge in [-0.3, -0.25) is 4.90 Å². The first-order valence-electron chi connectivity index (χ1n) is 8.06. The molecule has 0 aliphatic carbocycles. The van der Waals surface area contributed by atoms with E-state index in [-0.39, 0.29) is 6.03 Å². The fourth-order valence-electron chi connectivity index (χ4n) is 2.87. The fourth-order valence-corrected chi connectivity index (χ4v) is 2.87. The summed E-state index contributed by atoms with van der Waals surface area (Å²) < 4.78 is 0. The van der Waals surface area contributed by atoms with E-state index in [4.69, 9.17) is 5.73 Å². The van der Waals surface area contributed by atoms with Crippen LogP contribution in [-0.4, -0.2) is 37.1 Å². The van der Waals surface area contributed by atoms with Gasteiger partial charge in [0, 0.05) is 25.3 Å². The Morgan fingerprint density at radius 3 is 2.48 bits per heavy atom. The summed E-state index contributed by atoms with van der Waals surface area (Å²) in [6.07, 6.45) is 5.52. The number of hydrogen-bond acceptors (Lipinski definition) is 2. The Bertz CT molecular complexity index is 453. The van der Waals surface area contributed by atoms with Gasteiger partial charge < -0.3 is 10.6 Å². The van der Waals surface area contributed by atoms with Crippen molar-refractivity contribution in [2.75, 3.05) is 31.1 Å². The quantitative estimate of drug-likeness (QED) is 0.925. The van der Waals surface area contributed by atoms with Crippen LogP contribution in [0.1, 0.15) is 37.7 Å². The van der Waals surface area contributed by atoms with Crippen molar-refractivity contribution < 1.29 is 4.79 Å². The number of carbonyl (C=O) groups is 1. The molecule has 1 aliphatic rings. The standard InChI is InChI=1S/C17H27N3O/c1-15-9-4-5-10-16(15)20(14-8-11-18)17(21)19-12-6-2-3-7-13-19/h4-5,9-10H,2-3,6-8,11-14,18H2,1H3. The highest BCUT2D eigenvalue weighted by molar-refractivity contribution is 5.92. The third kappa shape index (κ3) is 4.21. The largest absolute Gasteiger partial charge is 0.330 e. The van der Waals surface area contributed by atoms with Crippen LogP contribution in [0.4, 0.5) is 10.5 Å². The van der Waals surface area contributed by atoms with Gasteiger partial charge in [-0.05, 0) is 44.4 Å². The molecule has 2 N–H and O–H groups in total. The van der Waals surface area contributed by atoms with Gasteiger partial charge in [-0.25, -0.2) is 4.79 Å². The summed E-state index contributed by atoms with van der Waals surface area (Å²) in [5.41, 5.74) is 7.80. The molecule has 21 heavy (non-hydrogen) atoms. The van der Waals surface area contributed by atoms with Gasteiger partial charge in [0.05, 0.1) is 0 Å². The molecular weight excluding hydrogens is 262 g/mol. The van der Waals surface area contributed by atoms with Crippen molar-refractivity contribution in [3.05, 3.63) is 29.8 Å². The van der Waals surface area contributed by atoms with E-state index in [2.05, 4.69) is 13.0 Å². The van der Waals surface area contributed by atoms with E-state index < -0.39 is 0 Å². The van der Waals surface area contributed by atoms with Crippen LogP contribution in [-0.2, 0) is 0 Å². The first-order valence-corrected chi connectivity index (χ1v) is 8.06. The molecule has 0 aromatic heterocycles. The molecule has 1 saturated heterocycles. The average Bonchev–Trinajstić information content (AvgIpc) is 2.78. The van der Waals surface area contributed by atoms with Crippen LogP contribution in [0.25, 0.3) is 0 Å². The molecule has 0 atom stereocenters. The Hall–Kier alpha value is -1.55. The van der Waals surface area contributed by atoms with E-state index in [9.17, 15) is 4.79 Å². The van der Waals surface area contributed by atoms with Gasteiger partial charge in [-0.1, -0.05) is 31.0 Å². The molecule has 0 spiro atoms. The van der Waals surface area contributed by atoms with Crippen LogP contribution in [0.3, 0.4) is 0 Å². The normalized spacial score (nSPS) is 15.6. The second-order valence-corrected chi connectivity index (χ2v) is 5.76. The molecule has 2 amide bonds. The van der Waals surface area contributed by atoms with Crippen molar-refractivity contribution in [3.8, 4) is 0 Å². The van der Waals surface area contributed by atoms with Crippen LogP contribution in [0.15, 0.2) is 24.3 Å². The first-order chi connectivity index (χ1) is 10.2. The minimum atomic E-state index is 0.139. The molecule has 0 bridgehead atoms. The maximum atomic E-state index is 12.9. The lowest BCUT2D eigenvalue weighted by atomic mass is 10.2. The Morgan fingerprint density at radius 2 is 1.86 bits per heavy atom. The van der Waals surface area contributed by atoms with Gasteiger partial charge in [0.15, 0.2) is 0 Å². The highest BCUT2D eigenvalue weighted by Crippen LogP contribution is 2.22. The van der Waals surface area contributed by atoms with E-state index in [1.54, 1.807) is 0 Å². The monoisotopic (exact) mass is 289 g/mol. The van der Waals surface area contributed by atoms with Crippen LogP contribution in [0.2, 0.25) is 0 Å². The topological polar surface area (TPSA) is 49.6 Å². The summed E-state index contributed by atoms with van der Waals surface area (Å²) >= 11 is 0. The van der Waals surface area contributed by atoms with Crippen molar-refractivity contribution in [1.29, 1.82) is 0 Å². The average molecular weight is 289 g/mol. The van der Waals surface area contributed by atoms with Gasteiger partial charge in [-0.2, -0.15) is 0 Å². The maximum Gasteiger partial charge on any atom is 0.324 e. The number of hydrogen-bond donors (Lipinski definition) is 1. The lowest BCUT2D eigenvalue weighted by molar-refractivity contribution is 0.206. The Balaban J connectivity index is 2.18. The zero-order chi connectivity index (χ0) is 15.1. The van der Waals surface area contributed by atoms with E-state index in [0.29, 0.717) is 13.1 Å². The molecule has 4 nitrogen and oxygen atoms in total. The fraction of sp³-hybridized carbons (Fsp3) is 0.588. The molecule has 1 fully saturated rings. The predicted molar refractivity (Wildman–Crippen MR) is 87.6 cm³/mol. The molecule has 2 rings (SSSR count). The minimum absolute atomic E-state index is 0.139. The number of nitrogens with two attached hydrogens (primary N) is 1. The zero-order valence-electron chi connectivity index (χ0n) is 13.1. The van der Waals surface area contributed by atoms with Crippen molar-refractivity contribution in [2.45, 2.75) is 39.0 Å². The van der Waals surface area contributed by atoms with Crippen LogP contribution >= 0.6 is 0 Å². The number of likely N-dealkylation sites (tertiary alicyclic amines) is 1. The molecular formula is C17H27N3O. The van der Waals surface area contributed by atoms with Crippen molar-refractivity contribution in [1.82, 2.24) is 4.90 Å². The molecule has 0 radical (unpaired) electrons. The van der Waals surface area contributed by atoms with Crippen molar-refractivity contribution in [2.24, 2.45) is 5.73 Å². The number of para-hydroxylation sites is 1. The number of benzene rings is 1. The Labute approximate surface area is 127 Å². The lowest BCUT2D eigenvalue weighted by Gasteiger charge is -2.31. The number of amides is 2. The van der Waals surface area contributed by atoms with Crippen LogP contribution in [0.5, 0.6) is 0 Å². The van der Waals surface area contributed by atoms with E-state index in [0.717, 1.165) is 43.6 Å². The highest BCUT2D eigenvalue weighted by atomic mass is 16.2. The highest BCUT2D eigenvalue weighted by Gasteiger charge is 2.23. The van der Waals surface area contributed by atoms with E-state index in [1.165, 1.54) is 12.8 Å². The number of aryl methyl sites for hydroxylation is 1. The summed E-state index contributed by atoms with van der Waals surface area (Å²) in [6.45, 7) is 5.11. The molecule has 1 aliphatic heterocycles. The summed E-state index contributed by atoms with van der Waals surface area (Å²) in [5, 5.41) is 0. The van der Waals surface area contributed by atoms with Crippen LogP contribution < -0.4 is 10.6 Å². The molecule has 0 saturated carbocycles. The summed E-state index contributed by atoms with van der Waals surface area (Å²) in [4.78, 5) is 16.8. The first kappa shape index (κ1) is 15.8. The van der Waals surface area contributed by atoms with Crippen molar-refractivity contribution >= 4 is 11.7 Å².